The topological polar surface area (TPSA) is 72.5 Å². The van der Waals surface area contributed by atoms with E-state index in [0.29, 0.717) is 18.8 Å². The third-order valence-corrected chi connectivity index (χ3v) is 4.40. The zero-order valence-corrected chi connectivity index (χ0v) is 13.5. The number of halogens is 3. The number of carbonyl (C=O) groups is 2. The van der Waals surface area contributed by atoms with E-state index in [1.165, 1.54) is 6.07 Å². The summed E-state index contributed by atoms with van der Waals surface area (Å²) in [7, 11) is 0. The molecule has 0 atom stereocenters. The Morgan fingerprint density at radius 3 is 2.46 bits per heavy atom. The van der Waals surface area contributed by atoms with Crippen LogP contribution >= 0.6 is 11.8 Å². The van der Waals surface area contributed by atoms with Gasteiger partial charge in [0.1, 0.15) is 0 Å². The number of anilines is 2. The first-order chi connectivity index (χ1) is 11.3. The van der Waals surface area contributed by atoms with Gasteiger partial charge in [0.25, 0.3) is 0 Å². The molecule has 0 aromatic heterocycles. The van der Waals surface area contributed by atoms with Crippen LogP contribution in [0.15, 0.2) is 18.2 Å². The fourth-order valence-electron chi connectivity index (χ4n) is 2.46. The second kappa shape index (κ2) is 7.78. The van der Waals surface area contributed by atoms with Gasteiger partial charge in [0, 0.05) is 18.8 Å². The average Bonchev–Trinajstić information content (AvgIpc) is 2.99. The molecule has 0 unspecified atom stereocenters. The molecule has 0 bridgehead atoms. The van der Waals surface area contributed by atoms with Crippen LogP contribution in [0.1, 0.15) is 18.4 Å². The maximum absolute atomic E-state index is 12.9. The number of amides is 1. The van der Waals surface area contributed by atoms with E-state index in [1.807, 2.05) is 4.90 Å². The third kappa shape index (κ3) is 5.05. The average molecular weight is 361 g/mol. The highest BCUT2D eigenvalue weighted by Gasteiger charge is 2.32. The molecule has 1 fully saturated rings. The number of carbonyl (C=O) groups excluding carboxylic acids is 2. The number of thioether (sulfide) groups is 1. The van der Waals surface area contributed by atoms with E-state index in [4.69, 9.17) is 0 Å². The second-order valence-electron chi connectivity index (χ2n) is 5.34. The number of nitrogens with zero attached hydrogens (tertiary/aromatic N) is 1. The Morgan fingerprint density at radius 1 is 1.21 bits per heavy atom. The molecule has 1 aliphatic heterocycles. The molecule has 9 heteroatoms. The van der Waals surface area contributed by atoms with Crippen LogP contribution in [-0.4, -0.2) is 36.5 Å². The molecule has 1 aliphatic rings. The van der Waals surface area contributed by atoms with Crippen molar-refractivity contribution in [2.45, 2.75) is 19.0 Å². The van der Waals surface area contributed by atoms with Crippen molar-refractivity contribution in [2.24, 2.45) is 0 Å². The predicted octanol–water partition coefficient (Wildman–Crippen LogP) is 1.73. The zero-order chi connectivity index (χ0) is 17.7. The number of carboxylic acids is 1. The third-order valence-electron chi connectivity index (χ3n) is 3.50. The first kappa shape index (κ1) is 18.4. The van der Waals surface area contributed by atoms with E-state index >= 15 is 0 Å². The van der Waals surface area contributed by atoms with Gasteiger partial charge in [0.15, 0.2) is 0 Å². The van der Waals surface area contributed by atoms with Crippen molar-refractivity contribution in [3.63, 3.8) is 0 Å². The molecule has 1 heterocycles. The molecule has 1 saturated heterocycles. The first-order valence-corrected chi connectivity index (χ1v) is 8.46. The number of rotatable bonds is 6. The SMILES string of the molecule is O=C([O-])CSCC(=O)Nc1cc(C(F)(F)F)ccc1N1CCCC1. The molecule has 0 radical (unpaired) electrons. The molecule has 132 valence electrons. The molecule has 2 rings (SSSR count). The summed E-state index contributed by atoms with van der Waals surface area (Å²) in [5.41, 5.74) is -0.215. The van der Waals surface area contributed by atoms with Crippen molar-refractivity contribution in [1.29, 1.82) is 0 Å². The lowest BCUT2D eigenvalue weighted by Gasteiger charge is -2.23. The minimum atomic E-state index is -4.51. The van der Waals surface area contributed by atoms with Gasteiger partial charge in [-0.25, -0.2) is 0 Å². The fraction of sp³-hybridized carbons (Fsp3) is 0.467. The summed E-state index contributed by atoms with van der Waals surface area (Å²) in [6.45, 7) is 1.43. The van der Waals surface area contributed by atoms with Crippen LogP contribution in [0.2, 0.25) is 0 Å². The first-order valence-electron chi connectivity index (χ1n) is 7.31. The lowest BCUT2D eigenvalue weighted by molar-refractivity contribution is -0.301. The Labute approximate surface area is 141 Å². The number of carboxylic acid groups (broad SMARTS) is 1. The smallest absolute Gasteiger partial charge is 0.416 e. The zero-order valence-electron chi connectivity index (χ0n) is 12.7. The van der Waals surface area contributed by atoms with Crippen LogP contribution < -0.4 is 15.3 Å². The molecule has 1 aromatic carbocycles. The monoisotopic (exact) mass is 361 g/mol. The minimum absolute atomic E-state index is 0.0887. The Kier molecular flexibility index (Phi) is 5.98. The van der Waals surface area contributed by atoms with Crippen molar-refractivity contribution in [1.82, 2.24) is 0 Å². The normalized spacial score (nSPS) is 14.7. The number of benzene rings is 1. The van der Waals surface area contributed by atoms with Crippen molar-refractivity contribution < 1.29 is 27.9 Å². The van der Waals surface area contributed by atoms with Gasteiger partial charge in [-0.2, -0.15) is 13.2 Å². The maximum Gasteiger partial charge on any atom is 0.416 e. The van der Waals surface area contributed by atoms with Gasteiger partial charge < -0.3 is 20.1 Å². The Morgan fingerprint density at radius 2 is 1.88 bits per heavy atom. The molecule has 1 N–H and O–H groups in total. The molecule has 0 aliphatic carbocycles. The van der Waals surface area contributed by atoms with E-state index < -0.39 is 23.6 Å². The van der Waals surface area contributed by atoms with Crippen LogP contribution in [0.3, 0.4) is 0 Å². The van der Waals surface area contributed by atoms with E-state index in [0.717, 1.165) is 36.7 Å². The molecule has 0 spiro atoms. The van der Waals surface area contributed by atoms with Crippen molar-refractivity contribution in [3.8, 4) is 0 Å². The van der Waals surface area contributed by atoms with Gasteiger partial charge in [0.05, 0.1) is 28.7 Å². The second-order valence-corrected chi connectivity index (χ2v) is 6.32. The van der Waals surface area contributed by atoms with E-state index in [2.05, 4.69) is 5.32 Å². The van der Waals surface area contributed by atoms with E-state index in [9.17, 15) is 27.9 Å². The van der Waals surface area contributed by atoms with Gasteiger partial charge >= 0.3 is 6.18 Å². The largest absolute Gasteiger partial charge is 0.549 e. The molecular weight excluding hydrogens is 345 g/mol. The highest BCUT2D eigenvalue weighted by molar-refractivity contribution is 8.00. The number of hydrogen-bond donors (Lipinski definition) is 1. The van der Waals surface area contributed by atoms with Gasteiger partial charge in [-0.3, -0.25) is 4.79 Å². The predicted molar refractivity (Wildman–Crippen MR) is 83.9 cm³/mol. The number of aliphatic carboxylic acids is 1. The summed E-state index contributed by atoms with van der Waals surface area (Å²) in [5, 5.41) is 12.8. The number of alkyl halides is 3. The van der Waals surface area contributed by atoms with Crippen molar-refractivity contribution in [2.75, 3.05) is 34.8 Å². The number of hydrogen-bond acceptors (Lipinski definition) is 5. The van der Waals surface area contributed by atoms with Gasteiger partial charge in [-0.1, -0.05) is 0 Å². The van der Waals surface area contributed by atoms with Crippen LogP contribution in [0, 0.1) is 0 Å². The summed E-state index contributed by atoms with van der Waals surface area (Å²) in [5.74, 6) is -2.38. The van der Waals surface area contributed by atoms with Gasteiger partial charge in [0.2, 0.25) is 5.91 Å². The van der Waals surface area contributed by atoms with E-state index in [1.54, 1.807) is 0 Å². The molecule has 24 heavy (non-hydrogen) atoms. The summed E-state index contributed by atoms with van der Waals surface area (Å²) >= 11 is 0.827. The standard InChI is InChI=1S/C15H17F3N2O3S/c16-15(17,18)10-3-4-12(20-5-1-2-6-20)11(7-10)19-13(21)8-24-9-14(22)23/h3-4,7H,1-2,5-6,8-9H2,(H,19,21)(H,22,23)/p-1. The van der Waals surface area contributed by atoms with Crippen LogP contribution in [-0.2, 0) is 15.8 Å². The Hall–Kier alpha value is -1.90. The van der Waals surface area contributed by atoms with Crippen molar-refractivity contribution in [3.05, 3.63) is 23.8 Å². The molecule has 1 amide bonds. The van der Waals surface area contributed by atoms with Crippen molar-refractivity contribution >= 4 is 35.0 Å². The lowest BCUT2D eigenvalue weighted by Crippen LogP contribution is -2.26. The van der Waals surface area contributed by atoms with Gasteiger partial charge in [-0.05, 0) is 31.0 Å². The fourth-order valence-corrected chi connectivity index (χ4v) is 2.99. The van der Waals surface area contributed by atoms with Crippen LogP contribution in [0.4, 0.5) is 24.5 Å². The quantitative estimate of drug-likeness (QED) is 0.835. The summed E-state index contributed by atoms with van der Waals surface area (Å²) in [4.78, 5) is 24.1. The number of nitrogens with one attached hydrogen (secondary N) is 1. The van der Waals surface area contributed by atoms with Crippen LogP contribution in [0.5, 0.6) is 0 Å². The van der Waals surface area contributed by atoms with Crippen LogP contribution in [0.25, 0.3) is 0 Å². The summed E-state index contributed by atoms with van der Waals surface area (Å²) in [6, 6.07) is 3.27. The molecule has 5 nitrogen and oxygen atoms in total. The molecule has 0 saturated carbocycles. The highest BCUT2D eigenvalue weighted by atomic mass is 32.2. The summed E-state index contributed by atoms with van der Waals surface area (Å²) in [6.07, 6.45) is -2.63. The maximum atomic E-state index is 12.9. The lowest BCUT2D eigenvalue weighted by atomic mass is 10.1. The molecule has 1 aromatic rings. The Bertz CT molecular complexity index is 616. The molecular formula is C15H16F3N2O3S-. The summed E-state index contributed by atoms with van der Waals surface area (Å²) < 4.78 is 38.7. The van der Waals surface area contributed by atoms with Gasteiger partial charge in [-0.15, -0.1) is 11.8 Å². The minimum Gasteiger partial charge on any atom is -0.549 e. The van der Waals surface area contributed by atoms with E-state index in [-0.39, 0.29) is 17.2 Å². The Balaban J connectivity index is 2.17. The highest BCUT2D eigenvalue weighted by Crippen LogP contribution is 2.36.